The summed E-state index contributed by atoms with van der Waals surface area (Å²) in [6.07, 6.45) is 0. The molecule has 0 aromatic heterocycles. The maximum Gasteiger partial charge on any atom is 0.345 e. The van der Waals surface area contributed by atoms with E-state index in [-0.39, 0.29) is 27.1 Å². The van der Waals surface area contributed by atoms with Crippen LogP contribution in [0.1, 0.15) is 12.5 Å². The SMILES string of the molecule is CCOC(=O)/C(S)=C(/CS/C(C(=O)OC)=C(\S)C(=O)OC)c1ccccc1. The number of thioether (sulfide) groups is 1. The number of carbonyl (C=O) groups excluding carboxylic acids is 3. The van der Waals surface area contributed by atoms with Crippen molar-refractivity contribution in [2.75, 3.05) is 26.6 Å². The van der Waals surface area contributed by atoms with Crippen LogP contribution in [0.4, 0.5) is 0 Å². The van der Waals surface area contributed by atoms with Crippen molar-refractivity contribution < 1.29 is 28.6 Å². The number of methoxy groups -OCH3 is 2. The predicted molar refractivity (Wildman–Crippen MR) is 111 cm³/mol. The van der Waals surface area contributed by atoms with Crippen LogP contribution < -0.4 is 0 Å². The fraction of sp³-hybridized carbons (Fsp3) is 0.278. The van der Waals surface area contributed by atoms with E-state index < -0.39 is 17.9 Å². The van der Waals surface area contributed by atoms with Gasteiger partial charge in [0.15, 0.2) is 0 Å². The Morgan fingerprint density at radius 1 is 0.926 bits per heavy atom. The molecule has 6 nitrogen and oxygen atoms in total. The van der Waals surface area contributed by atoms with Crippen molar-refractivity contribution in [1.82, 2.24) is 0 Å². The van der Waals surface area contributed by atoms with Gasteiger partial charge >= 0.3 is 17.9 Å². The normalized spacial score (nSPS) is 12.5. The van der Waals surface area contributed by atoms with Gasteiger partial charge in [0.25, 0.3) is 0 Å². The molecule has 0 saturated carbocycles. The quantitative estimate of drug-likeness (QED) is 0.285. The van der Waals surface area contributed by atoms with E-state index in [1.807, 2.05) is 18.2 Å². The van der Waals surface area contributed by atoms with E-state index in [0.717, 1.165) is 17.3 Å². The molecule has 0 atom stereocenters. The molecule has 0 unspecified atom stereocenters. The Morgan fingerprint density at radius 3 is 2.04 bits per heavy atom. The van der Waals surface area contributed by atoms with E-state index in [4.69, 9.17) is 9.47 Å². The van der Waals surface area contributed by atoms with Crippen molar-refractivity contribution in [3.05, 3.63) is 50.6 Å². The van der Waals surface area contributed by atoms with Gasteiger partial charge in [-0.15, -0.1) is 37.0 Å². The van der Waals surface area contributed by atoms with E-state index in [1.165, 1.54) is 14.2 Å². The van der Waals surface area contributed by atoms with Crippen molar-refractivity contribution >= 4 is 60.5 Å². The molecule has 0 aliphatic rings. The summed E-state index contributed by atoms with van der Waals surface area (Å²) >= 11 is 9.35. The van der Waals surface area contributed by atoms with Gasteiger partial charge in [-0.3, -0.25) is 0 Å². The Bertz CT molecular complexity index is 756. The number of esters is 3. The Hall–Kier alpha value is -1.84. The molecule has 0 fully saturated rings. The highest BCUT2D eigenvalue weighted by Gasteiger charge is 2.23. The zero-order chi connectivity index (χ0) is 20.4. The van der Waals surface area contributed by atoms with E-state index in [0.29, 0.717) is 5.57 Å². The maximum absolute atomic E-state index is 12.1. The third-order valence-electron chi connectivity index (χ3n) is 3.20. The lowest BCUT2D eigenvalue weighted by atomic mass is 10.1. The standard InChI is InChI=1S/C18H20O6S3/c1-4-24-17(20)13(25)12(11-8-6-5-7-9-11)10-27-15(18(21)23-3)14(26)16(19)22-2/h5-9,25-26H,4,10H2,1-3H3/b13-12+,15-14-. The van der Waals surface area contributed by atoms with Crippen LogP contribution in [0, 0.1) is 0 Å². The van der Waals surface area contributed by atoms with Gasteiger partial charge in [-0.2, -0.15) is 0 Å². The first-order valence-electron chi connectivity index (χ1n) is 7.74. The van der Waals surface area contributed by atoms with Gasteiger partial charge in [-0.1, -0.05) is 30.3 Å². The van der Waals surface area contributed by atoms with Crippen LogP contribution in [0.2, 0.25) is 0 Å². The van der Waals surface area contributed by atoms with E-state index in [9.17, 15) is 14.4 Å². The fourth-order valence-corrected chi connectivity index (χ4v) is 3.68. The Balaban J connectivity index is 3.29. The van der Waals surface area contributed by atoms with Crippen molar-refractivity contribution in [1.29, 1.82) is 0 Å². The molecule has 1 rings (SSSR count). The van der Waals surface area contributed by atoms with Crippen molar-refractivity contribution in [3.8, 4) is 0 Å². The van der Waals surface area contributed by atoms with Crippen LogP contribution in [0.5, 0.6) is 0 Å². The summed E-state index contributed by atoms with van der Waals surface area (Å²) in [4.78, 5) is 35.8. The topological polar surface area (TPSA) is 78.9 Å². The lowest BCUT2D eigenvalue weighted by molar-refractivity contribution is -0.138. The summed E-state index contributed by atoms with van der Waals surface area (Å²) in [5, 5.41) is 0. The van der Waals surface area contributed by atoms with Crippen LogP contribution >= 0.6 is 37.0 Å². The molecule has 0 aliphatic heterocycles. The number of benzene rings is 1. The third-order valence-corrected chi connectivity index (χ3v) is 5.30. The molecule has 27 heavy (non-hydrogen) atoms. The molecule has 0 bridgehead atoms. The number of hydrogen-bond acceptors (Lipinski definition) is 9. The highest BCUT2D eigenvalue weighted by atomic mass is 32.2. The van der Waals surface area contributed by atoms with Crippen LogP contribution in [0.15, 0.2) is 45.0 Å². The molecule has 9 heteroatoms. The monoisotopic (exact) mass is 428 g/mol. The van der Waals surface area contributed by atoms with Crippen LogP contribution in [0.3, 0.4) is 0 Å². The summed E-state index contributed by atoms with van der Waals surface area (Å²) in [5.41, 5.74) is 1.26. The summed E-state index contributed by atoms with van der Waals surface area (Å²) < 4.78 is 14.3. The molecule has 1 aromatic rings. The first kappa shape index (κ1) is 23.2. The van der Waals surface area contributed by atoms with Crippen molar-refractivity contribution in [2.45, 2.75) is 6.92 Å². The van der Waals surface area contributed by atoms with E-state index >= 15 is 0 Å². The highest BCUT2D eigenvalue weighted by Crippen LogP contribution is 2.32. The number of thiol groups is 2. The van der Waals surface area contributed by atoms with E-state index in [2.05, 4.69) is 30.0 Å². The fourth-order valence-electron chi connectivity index (χ4n) is 1.90. The second-order valence-electron chi connectivity index (χ2n) is 4.86. The van der Waals surface area contributed by atoms with Gasteiger partial charge in [0.05, 0.1) is 25.7 Å². The van der Waals surface area contributed by atoms with Crippen LogP contribution in [-0.4, -0.2) is 44.5 Å². The molecular formula is C18H20O6S3. The first-order valence-corrected chi connectivity index (χ1v) is 9.62. The molecule has 146 valence electrons. The minimum atomic E-state index is -0.770. The van der Waals surface area contributed by atoms with Crippen LogP contribution in [-0.2, 0) is 28.6 Å². The summed E-state index contributed by atoms with van der Waals surface area (Å²) in [5.74, 6) is -1.94. The molecule has 0 spiro atoms. The average molecular weight is 429 g/mol. The predicted octanol–water partition coefficient (Wildman–Crippen LogP) is 3.11. The number of carbonyl (C=O) groups is 3. The molecule has 0 amide bonds. The van der Waals surface area contributed by atoms with Gasteiger partial charge in [-0.05, 0) is 18.1 Å². The lowest BCUT2D eigenvalue weighted by Gasteiger charge is -2.13. The lowest BCUT2D eigenvalue weighted by Crippen LogP contribution is -2.11. The molecule has 0 radical (unpaired) electrons. The molecule has 0 heterocycles. The number of rotatable bonds is 8. The molecule has 1 aromatic carbocycles. The molecule has 0 saturated heterocycles. The van der Waals surface area contributed by atoms with Crippen LogP contribution in [0.25, 0.3) is 5.57 Å². The number of hydrogen-bond donors (Lipinski definition) is 2. The third kappa shape index (κ3) is 6.67. The Labute approximate surface area is 173 Å². The maximum atomic E-state index is 12.1. The smallest absolute Gasteiger partial charge is 0.345 e. The van der Waals surface area contributed by atoms with Gasteiger partial charge in [0.1, 0.15) is 9.81 Å². The average Bonchev–Trinajstić information content (AvgIpc) is 2.70. The second-order valence-corrected chi connectivity index (χ2v) is 6.74. The van der Waals surface area contributed by atoms with Crippen molar-refractivity contribution in [3.63, 3.8) is 0 Å². The zero-order valence-corrected chi connectivity index (χ0v) is 17.7. The van der Waals surface area contributed by atoms with Gasteiger partial charge < -0.3 is 14.2 Å². The second kappa shape index (κ2) is 11.8. The first-order chi connectivity index (χ1) is 12.9. The Kier molecular flexibility index (Phi) is 10.1. The zero-order valence-electron chi connectivity index (χ0n) is 15.1. The molecular weight excluding hydrogens is 408 g/mol. The summed E-state index contributed by atoms with van der Waals surface area (Å²) in [6.45, 7) is 1.89. The Morgan fingerprint density at radius 2 is 1.52 bits per heavy atom. The van der Waals surface area contributed by atoms with Gasteiger partial charge in [0, 0.05) is 5.75 Å². The highest BCUT2D eigenvalue weighted by molar-refractivity contribution is 8.05. The summed E-state index contributed by atoms with van der Waals surface area (Å²) in [7, 11) is 2.37. The minimum absolute atomic E-state index is 0.0360. The van der Waals surface area contributed by atoms with Gasteiger partial charge in [0.2, 0.25) is 0 Å². The minimum Gasteiger partial charge on any atom is -0.465 e. The van der Waals surface area contributed by atoms with E-state index in [1.54, 1.807) is 19.1 Å². The summed E-state index contributed by atoms with van der Waals surface area (Å²) in [6, 6.07) is 9.05. The largest absolute Gasteiger partial charge is 0.465 e. The molecule has 0 N–H and O–H groups in total. The van der Waals surface area contributed by atoms with Gasteiger partial charge in [-0.25, -0.2) is 14.4 Å². The molecule has 0 aliphatic carbocycles. The van der Waals surface area contributed by atoms with Crippen molar-refractivity contribution in [2.24, 2.45) is 0 Å². The number of ether oxygens (including phenoxy) is 3.